The molecule has 0 aliphatic rings. The second-order valence-electron chi connectivity index (χ2n) is 4.64. The predicted molar refractivity (Wildman–Crippen MR) is 72.2 cm³/mol. The van der Waals surface area contributed by atoms with Crippen molar-refractivity contribution in [1.82, 2.24) is 4.98 Å². The lowest BCUT2D eigenvalue weighted by Gasteiger charge is -2.27. The van der Waals surface area contributed by atoms with Crippen molar-refractivity contribution >= 4 is 5.82 Å². The molecule has 1 aromatic heterocycles. The molecule has 96 valence electrons. The fourth-order valence-electron chi connectivity index (χ4n) is 1.87. The zero-order chi connectivity index (χ0) is 12.8. The van der Waals surface area contributed by atoms with Gasteiger partial charge in [0.15, 0.2) is 0 Å². The molecule has 1 heterocycles. The van der Waals surface area contributed by atoms with Crippen LogP contribution in [0, 0.1) is 5.92 Å². The topological polar surface area (TPSA) is 36.4 Å². The highest BCUT2D eigenvalue weighted by atomic mass is 16.3. The van der Waals surface area contributed by atoms with Gasteiger partial charge in [-0.1, -0.05) is 26.3 Å². The summed E-state index contributed by atoms with van der Waals surface area (Å²) < 4.78 is 0. The van der Waals surface area contributed by atoms with Crippen LogP contribution in [0.15, 0.2) is 18.3 Å². The smallest absolute Gasteiger partial charge is 0.134 e. The van der Waals surface area contributed by atoms with Gasteiger partial charge in [0.1, 0.15) is 5.82 Å². The number of nitrogens with zero attached hydrogens (tertiary/aromatic N) is 2. The maximum Gasteiger partial charge on any atom is 0.134 e. The molecule has 0 saturated heterocycles. The molecule has 1 aromatic rings. The highest BCUT2D eigenvalue weighted by molar-refractivity contribution is 5.47. The van der Waals surface area contributed by atoms with Gasteiger partial charge >= 0.3 is 0 Å². The first-order chi connectivity index (χ1) is 8.10. The van der Waals surface area contributed by atoms with Crippen molar-refractivity contribution in [3.63, 3.8) is 0 Å². The SMILES string of the molecule is CCC(C)CN(CC)c1ncccc1C(C)O. The van der Waals surface area contributed by atoms with Crippen LogP contribution < -0.4 is 4.90 Å². The third-order valence-electron chi connectivity index (χ3n) is 3.18. The van der Waals surface area contributed by atoms with Crippen molar-refractivity contribution in [1.29, 1.82) is 0 Å². The van der Waals surface area contributed by atoms with E-state index in [0.717, 1.165) is 30.9 Å². The van der Waals surface area contributed by atoms with Crippen molar-refractivity contribution in [2.24, 2.45) is 5.92 Å². The number of anilines is 1. The van der Waals surface area contributed by atoms with E-state index in [-0.39, 0.29) is 0 Å². The Labute approximate surface area is 104 Å². The average molecular weight is 236 g/mol. The summed E-state index contributed by atoms with van der Waals surface area (Å²) >= 11 is 0. The van der Waals surface area contributed by atoms with Crippen LogP contribution in [-0.4, -0.2) is 23.2 Å². The van der Waals surface area contributed by atoms with E-state index in [1.807, 2.05) is 12.1 Å². The van der Waals surface area contributed by atoms with Crippen molar-refractivity contribution in [2.75, 3.05) is 18.0 Å². The van der Waals surface area contributed by atoms with Gasteiger partial charge in [0.2, 0.25) is 0 Å². The molecule has 17 heavy (non-hydrogen) atoms. The van der Waals surface area contributed by atoms with Gasteiger partial charge in [-0.3, -0.25) is 0 Å². The minimum absolute atomic E-state index is 0.468. The Morgan fingerprint density at radius 1 is 1.35 bits per heavy atom. The van der Waals surface area contributed by atoms with Crippen molar-refractivity contribution in [2.45, 2.75) is 40.2 Å². The Bertz CT molecular complexity index is 339. The van der Waals surface area contributed by atoms with Gasteiger partial charge in [-0.15, -0.1) is 0 Å². The largest absolute Gasteiger partial charge is 0.389 e. The number of hydrogen-bond acceptors (Lipinski definition) is 3. The van der Waals surface area contributed by atoms with E-state index >= 15 is 0 Å². The maximum absolute atomic E-state index is 9.77. The van der Waals surface area contributed by atoms with Crippen molar-refractivity contribution in [3.05, 3.63) is 23.9 Å². The number of rotatable bonds is 6. The molecule has 3 nitrogen and oxygen atoms in total. The standard InChI is InChI=1S/C14H24N2O/c1-5-11(3)10-16(6-2)14-13(12(4)17)8-7-9-15-14/h7-9,11-12,17H,5-6,10H2,1-4H3. The van der Waals surface area contributed by atoms with Gasteiger partial charge in [-0.25, -0.2) is 4.98 Å². The van der Waals surface area contributed by atoms with Crippen LogP contribution in [0.2, 0.25) is 0 Å². The third kappa shape index (κ3) is 3.70. The molecule has 0 aliphatic heterocycles. The zero-order valence-electron chi connectivity index (χ0n) is 11.3. The Kier molecular flexibility index (Phi) is 5.42. The van der Waals surface area contributed by atoms with E-state index in [4.69, 9.17) is 0 Å². The molecule has 0 radical (unpaired) electrons. The molecular weight excluding hydrogens is 212 g/mol. The van der Waals surface area contributed by atoms with Crippen LogP contribution in [0.25, 0.3) is 0 Å². The summed E-state index contributed by atoms with van der Waals surface area (Å²) in [5, 5.41) is 9.77. The Morgan fingerprint density at radius 2 is 2.06 bits per heavy atom. The van der Waals surface area contributed by atoms with Gasteiger partial charge in [0.05, 0.1) is 6.10 Å². The van der Waals surface area contributed by atoms with Crippen LogP contribution >= 0.6 is 0 Å². The van der Waals surface area contributed by atoms with Gasteiger partial charge in [0.25, 0.3) is 0 Å². The molecule has 0 spiro atoms. The molecule has 2 unspecified atom stereocenters. The summed E-state index contributed by atoms with van der Waals surface area (Å²) in [6.07, 6.45) is 2.48. The molecule has 0 aromatic carbocycles. The van der Waals surface area contributed by atoms with Gasteiger partial charge in [-0.2, -0.15) is 0 Å². The first kappa shape index (κ1) is 14.0. The monoisotopic (exact) mass is 236 g/mol. The van der Waals surface area contributed by atoms with Crippen LogP contribution in [0.5, 0.6) is 0 Å². The van der Waals surface area contributed by atoms with Gasteiger partial charge < -0.3 is 10.0 Å². The molecule has 3 heteroatoms. The highest BCUT2D eigenvalue weighted by Gasteiger charge is 2.15. The van der Waals surface area contributed by atoms with Gasteiger partial charge in [-0.05, 0) is 25.8 Å². The van der Waals surface area contributed by atoms with E-state index in [1.54, 1.807) is 13.1 Å². The quantitative estimate of drug-likeness (QED) is 0.825. The summed E-state index contributed by atoms with van der Waals surface area (Å²) in [5.74, 6) is 1.56. The molecular formula is C14H24N2O. The summed E-state index contributed by atoms with van der Waals surface area (Å²) in [4.78, 5) is 6.67. The van der Waals surface area contributed by atoms with Crippen LogP contribution in [0.3, 0.4) is 0 Å². The number of aliphatic hydroxyl groups excluding tert-OH is 1. The lowest BCUT2D eigenvalue weighted by molar-refractivity contribution is 0.199. The summed E-state index contributed by atoms with van der Waals surface area (Å²) in [7, 11) is 0. The van der Waals surface area contributed by atoms with Gasteiger partial charge in [0, 0.05) is 24.8 Å². The third-order valence-corrected chi connectivity index (χ3v) is 3.18. The minimum Gasteiger partial charge on any atom is -0.389 e. The number of hydrogen-bond donors (Lipinski definition) is 1. The van der Waals surface area contributed by atoms with E-state index in [1.165, 1.54) is 0 Å². The second kappa shape index (κ2) is 6.60. The molecule has 2 atom stereocenters. The first-order valence-electron chi connectivity index (χ1n) is 6.48. The normalized spacial score (nSPS) is 14.4. The zero-order valence-corrected chi connectivity index (χ0v) is 11.3. The Morgan fingerprint density at radius 3 is 2.59 bits per heavy atom. The molecule has 0 aliphatic carbocycles. The van der Waals surface area contributed by atoms with E-state index in [0.29, 0.717) is 5.92 Å². The van der Waals surface area contributed by atoms with Crippen LogP contribution in [0.1, 0.15) is 45.8 Å². The fourth-order valence-corrected chi connectivity index (χ4v) is 1.87. The number of pyridine rings is 1. The van der Waals surface area contributed by atoms with E-state index in [9.17, 15) is 5.11 Å². The Hall–Kier alpha value is -1.09. The van der Waals surface area contributed by atoms with Crippen molar-refractivity contribution < 1.29 is 5.11 Å². The van der Waals surface area contributed by atoms with E-state index in [2.05, 4.69) is 30.7 Å². The number of aromatic nitrogens is 1. The fraction of sp³-hybridized carbons (Fsp3) is 0.643. The lowest BCUT2D eigenvalue weighted by atomic mass is 10.1. The lowest BCUT2D eigenvalue weighted by Crippen LogP contribution is -2.30. The van der Waals surface area contributed by atoms with E-state index < -0.39 is 6.10 Å². The minimum atomic E-state index is -0.468. The average Bonchev–Trinajstić information content (AvgIpc) is 2.35. The van der Waals surface area contributed by atoms with Crippen LogP contribution in [0.4, 0.5) is 5.82 Å². The van der Waals surface area contributed by atoms with Crippen LogP contribution in [-0.2, 0) is 0 Å². The predicted octanol–water partition coefficient (Wildman–Crippen LogP) is 3.01. The summed E-state index contributed by atoms with van der Waals surface area (Å²) in [6, 6.07) is 3.83. The highest BCUT2D eigenvalue weighted by Crippen LogP contribution is 2.24. The molecule has 0 saturated carbocycles. The molecule has 1 N–H and O–H groups in total. The molecule has 0 fully saturated rings. The summed E-state index contributed by atoms with van der Waals surface area (Å²) in [6.45, 7) is 10.3. The van der Waals surface area contributed by atoms with Crippen molar-refractivity contribution in [3.8, 4) is 0 Å². The second-order valence-corrected chi connectivity index (χ2v) is 4.64. The first-order valence-corrected chi connectivity index (χ1v) is 6.48. The number of aliphatic hydroxyl groups is 1. The molecule has 0 bridgehead atoms. The molecule has 1 rings (SSSR count). The molecule has 0 amide bonds. The Balaban J connectivity index is 2.94. The maximum atomic E-state index is 9.77. The summed E-state index contributed by atoms with van der Waals surface area (Å²) in [5.41, 5.74) is 0.914.